The van der Waals surface area contributed by atoms with Crippen LogP contribution >= 0.6 is 11.6 Å². The Kier molecular flexibility index (Phi) is 3.30. The molecule has 1 aliphatic carbocycles. The first kappa shape index (κ1) is 12.9. The summed E-state index contributed by atoms with van der Waals surface area (Å²) in [5.41, 5.74) is -0.587. The van der Waals surface area contributed by atoms with Crippen LogP contribution < -0.4 is 4.74 Å². The second kappa shape index (κ2) is 4.61. The molecule has 0 aliphatic heterocycles. The summed E-state index contributed by atoms with van der Waals surface area (Å²) in [5.74, 6) is -0.213. The zero-order chi connectivity index (χ0) is 13.3. The summed E-state index contributed by atoms with van der Waals surface area (Å²) in [7, 11) is 2.79. The number of esters is 1. The van der Waals surface area contributed by atoms with Crippen molar-refractivity contribution in [2.45, 2.75) is 12.8 Å². The molecule has 2 rings (SSSR count). The minimum atomic E-state index is -0.993. The second-order valence-electron chi connectivity index (χ2n) is 4.25. The van der Waals surface area contributed by atoms with Gasteiger partial charge in [-0.25, -0.2) is 0 Å². The van der Waals surface area contributed by atoms with E-state index in [2.05, 4.69) is 4.74 Å². The van der Waals surface area contributed by atoms with Crippen LogP contribution in [-0.4, -0.2) is 26.0 Å². The number of Topliss-reactive ketones (excluding diaryl/α,β-unsaturated/α-hetero) is 1. The number of rotatable bonds is 4. The fourth-order valence-corrected chi connectivity index (χ4v) is 2.19. The predicted molar refractivity (Wildman–Crippen MR) is 66.0 cm³/mol. The van der Waals surface area contributed by atoms with Crippen molar-refractivity contribution in [3.05, 3.63) is 28.8 Å². The summed E-state index contributed by atoms with van der Waals surface area (Å²) < 4.78 is 9.69. The van der Waals surface area contributed by atoms with Gasteiger partial charge in [-0.3, -0.25) is 9.59 Å². The summed E-state index contributed by atoms with van der Waals surface area (Å²) >= 11 is 5.96. The van der Waals surface area contributed by atoms with Gasteiger partial charge in [-0.2, -0.15) is 0 Å². The maximum atomic E-state index is 12.3. The highest BCUT2D eigenvalue weighted by molar-refractivity contribution is 6.32. The van der Waals surface area contributed by atoms with Gasteiger partial charge < -0.3 is 9.47 Å². The molecule has 0 bridgehead atoms. The lowest BCUT2D eigenvalue weighted by molar-refractivity contribution is -0.145. The third kappa shape index (κ3) is 1.97. The van der Waals surface area contributed by atoms with Crippen molar-refractivity contribution in [3.63, 3.8) is 0 Å². The van der Waals surface area contributed by atoms with Gasteiger partial charge in [-0.05, 0) is 31.0 Å². The van der Waals surface area contributed by atoms with E-state index < -0.39 is 11.4 Å². The van der Waals surface area contributed by atoms with Gasteiger partial charge in [-0.15, -0.1) is 0 Å². The quantitative estimate of drug-likeness (QED) is 0.478. The van der Waals surface area contributed by atoms with E-state index in [1.54, 1.807) is 12.1 Å². The molecule has 1 aromatic carbocycles. The molecule has 0 atom stereocenters. The number of ether oxygens (including phenoxy) is 2. The molecule has 0 N–H and O–H groups in total. The highest BCUT2D eigenvalue weighted by Gasteiger charge is 2.57. The van der Waals surface area contributed by atoms with Gasteiger partial charge in [0.1, 0.15) is 11.2 Å². The SMILES string of the molecule is COC(=O)C1(C(=O)c2ccc(OC)c(Cl)c2)CC1. The minimum Gasteiger partial charge on any atom is -0.495 e. The lowest BCUT2D eigenvalue weighted by atomic mass is 9.95. The molecule has 1 aromatic rings. The maximum absolute atomic E-state index is 12.3. The summed E-state index contributed by atoms with van der Waals surface area (Å²) in [6.07, 6.45) is 1.06. The zero-order valence-electron chi connectivity index (χ0n) is 10.2. The van der Waals surface area contributed by atoms with Gasteiger partial charge in [0.2, 0.25) is 0 Å². The lowest BCUT2D eigenvalue weighted by Crippen LogP contribution is -2.27. The van der Waals surface area contributed by atoms with E-state index in [1.165, 1.54) is 20.3 Å². The Bertz CT molecular complexity index is 506. The summed E-state index contributed by atoms with van der Waals surface area (Å²) in [6.45, 7) is 0. The molecule has 0 unspecified atom stereocenters. The van der Waals surface area contributed by atoms with Crippen LogP contribution in [0, 0.1) is 5.41 Å². The highest BCUT2D eigenvalue weighted by atomic mass is 35.5. The number of benzene rings is 1. The van der Waals surface area contributed by atoms with Gasteiger partial charge >= 0.3 is 5.97 Å². The summed E-state index contributed by atoms with van der Waals surface area (Å²) in [5, 5.41) is 0.351. The van der Waals surface area contributed by atoms with Crippen molar-refractivity contribution in [2.24, 2.45) is 5.41 Å². The number of methoxy groups -OCH3 is 2. The second-order valence-corrected chi connectivity index (χ2v) is 4.66. The van der Waals surface area contributed by atoms with E-state index >= 15 is 0 Å². The average molecular weight is 269 g/mol. The van der Waals surface area contributed by atoms with Gasteiger partial charge in [0.15, 0.2) is 5.78 Å². The van der Waals surface area contributed by atoms with Crippen LogP contribution in [0.2, 0.25) is 5.02 Å². The van der Waals surface area contributed by atoms with Crippen LogP contribution in [0.1, 0.15) is 23.2 Å². The lowest BCUT2D eigenvalue weighted by Gasteiger charge is -2.12. The van der Waals surface area contributed by atoms with E-state index in [9.17, 15) is 9.59 Å². The molecule has 5 heteroatoms. The predicted octanol–water partition coefficient (Wildman–Crippen LogP) is 2.48. The monoisotopic (exact) mass is 268 g/mol. The van der Waals surface area contributed by atoms with Crippen LogP contribution in [0.4, 0.5) is 0 Å². The topological polar surface area (TPSA) is 52.6 Å². The first-order chi connectivity index (χ1) is 8.55. The maximum Gasteiger partial charge on any atom is 0.319 e. The van der Waals surface area contributed by atoms with Crippen molar-refractivity contribution in [2.75, 3.05) is 14.2 Å². The van der Waals surface area contributed by atoms with E-state index in [1.807, 2.05) is 0 Å². The fraction of sp³-hybridized carbons (Fsp3) is 0.385. The molecule has 18 heavy (non-hydrogen) atoms. The first-order valence-electron chi connectivity index (χ1n) is 5.52. The van der Waals surface area contributed by atoms with Crippen LogP contribution in [0.5, 0.6) is 5.75 Å². The Balaban J connectivity index is 2.30. The molecular weight excluding hydrogens is 256 g/mol. The largest absolute Gasteiger partial charge is 0.495 e. The molecule has 0 amide bonds. The molecule has 0 saturated heterocycles. The van der Waals surface area contributed by atoms with E-state index in [-0.39, 0.29) is 5.78 Å². The van der Waals surface area contributed by atoms with Crippen LogP contribution in [-0.2, 0) is 9.53 Å². The van der Waals surface area contributed by atoms with Crippen LogP contribution in [0.3, 0.4) is 0 Å². The third-order valence-corrected chi connectivity index (χ3v) is 3.47. The Morgan fingerprint density at radius 1 is 1.28 bits per heavy atom. The highest BCUT2D eigenvalue weighted by Crippen LogP contribution is 2.49. The number of ketones is 1. The first-order valence-corrected chi connectivity index (χ1v) is 5.90. The van der Waals surface area contributed by atoms with Gasteiger partial charge in [0.05, 0.1) is 19.2 Å². The average Bonchev–Trinajstić information content (AvgIpc) is 3.18. The standard InChI is InChI=1S/C13H13ClO4/c1-17-10-4-3-8(7-9(10)14)11(15)13(5-6-13)12(16)18-2/h3-4,7H,5-6H2,1-2H3. The number of hydrogen-bond acceptors (Lipinski definition) is 4. The summed E-state index contributed by atoms with van der Waals surface area (Å²) in [4.78, 5) is 23.9. The van der Waals surface area contributed by atoms with E-state index in [0.717, 1.165) is 0 Å². The van der Waals surface area contributed by atoms with Crippen molar-refractivity contribution < 1.29 is 19.1 Å². The van der Waals surface area contributed by atoms with Crippen LogP contribution in [0.15, 0.2) is 18.2 Å². The Labute approximate surface area is 110 Å². The molecule has 4 nitrogen and oxygen atoms in total. The van der Waals surface area contributed by atoms with Crippen molar-refractivity contribution in [1.82, 2.24) is 0 Å². The Morgan fingerprint density at radius 2 is 1.94 bits per heavy atom. The van der Waals surface area contributed by atoms with Gasteiger partial charge in [-0.1, -0.05) is 11.6 Å². The number of carbonyl (C=O) groups is 2. The van der Waals surface area contributed by atoms with Gasteiger partial charge in [0.25, 0.3) is 0 Å². The van der Waals surface area contributed by atoms with E-state index in [0.29, 0.717) is 29.2 Å². The molecule has 1 saturated carbocycles. The number of hydrogen-bond donors (Lipinski definition) is 0. The normalized spacial score (nSPS) is 15.9. The molecule has 96 valence electrons. The number of halogens is 1. The fourth-order valence-electron chi connectivity index (χ4n) is 1.93. The Morgan fingerprint density at radius 3 is 2.39 bits per heavy atom. The van der Waals surface area contributed by atoms with Crippen molar-refractivity contribution >= 4 is 23.4 Å². The summed E-state index contributed by atoms with van der Waals surface area (Å²) in [6, 6.07) is 4.74. The molecule has 0 radical (unpaired) electrons. The zero-order valence-corrected chi connectivity index (χ0v) is 10.9. The molecule has 0 aromatic heterocycles. The Hall–Kier alpha value is -1.55. The van der Waals surface area contributed by atoms with E-state index in [4.69, 9.17) is 16.3 Å². The smallest absolute Gasteiger partial charge is 0.319 e. The van der Waals surface area contributed by atoms with Gasteiger partial charge in [0, 0.05) is 5.56 Å². The minimum absolute atomic E-state index is 0.237. The molecular formula is C13H13ClO4. The molecule has 0 spiro atoms. The molecule has 0 heterocycles. The molecule has 1 fully saturated rings. The molecule has 1 aliphatic rings. The van der Waals surface area contributed by atoms with Crippen molar-refractivity contribution in [3.8, 4) is 5.75 Å². The number of carbonyl (C=O) groups excluding carboxylic acids is 2. The third-order valence-electron chi connectivity index (χ3n) is 3.17. The van der Waals surface area contributed by atoms with Crippen LogP contribution in [0.25, 0.3) is 0 Å². The van der Waals surface area contributed by atoms with Crippen molar-refractivity contribution in [1.29, 1.82) is 0 Å².